The van der Waals surface area contributed by atoms with Crippen LogP contribution in [-0.4, -0.2) is 36.3 Å². The van der Waals surface area contributed by atoms with Gasteiger partial charge in [-0.3, -0.25) is 14.5 Å². The number of likely N-dealkylation sites (N-methyl/N-ethyl adjacent to an activating group) is 1. The summed E-state index contributed by atoms with van der Waals surface area (Å²) in [5.41, 5.74) is 2.83. The molecule has 0 heterocycles. The minimum absolute atomic E-state index is 0.108. The van der Waals surface area contributed by atoms with Crippen LogP contribution < -0.4 is 10.6 Å². The summed E-state index contributed by atoms with van der Waals surface area (Å²) < 4.78 is 0. The first-order valence-corrected chi connectivity index (χ1v) is 9.66. The molecule has 0 aromatic heterocycles. The second kappa shape index (κ2) is 11.0. The molecule has 0 spiro atoms. The molecular formula is C23H29N3O2. The molecule has 0 aliphatic rings. The zero-order valence-corrected chi connectivity index (χ0v) is 16.8. The Balaban J connectivity index is 1.96. The Morgan fingerprint density at radius 2 is 1.64 bits per heavy atom. The van der Waals surface area contributed by atoms with Gasteiger partial charge in [-0.15, -0.1) is 0 Å². The zero-order chi connectivity index (χ0) is 20.4. The Kier molecular flexibility index (Phi) is 8.43. The first-order valence-electron chi connectivity index (χ1n) is 9.66. The van der Waals surface area contributed by atoms with Crippen LogP contribution in [0.1, 0.15) is 37.9 Å². The number of benzene rings is 2. The van der Waals surface area contributed by atoms with Gasteiger partial charge in [0.1, 0.15) is 0 Å². The molecular weight excluding hydrogens is 350 g/mol. The van der Waals surface area contributed by atoms with Crippen LogP contribution in [0.2, 0.25) is 0 Å². The van der Waals surface area contributed by atoms with E-state index in [2.05, 4.69) is 41.5 Å². The van der Waals surface area contributed by atoms with Gasteiger partial charge in [0.05, 0.1) is 6.04 Å². The minimum atomic E-state index is -0.126. The van der Waals surface area contributed by atoms with Crippen LogP contribution >= 0.6 is 0 Å². The molecule has 0 saturated carbocycles. The standard InChI is InChI=1S/C23H29N3O2/c1-4-26(5-2)22(20-9-7-6-8-10-20)17-24-23(28)16-13-19-11-14-21(15-12-19)25-18(3)27/h6-16,22H,4-5,17H2,1-3H3,(H,24,28)(H,25,27)/b16-13+. The molecule has 0 fully saturated rings. The van der Waals surface area contributed by atoms with Crippen molar-refractivity contribution < 1.29 is 9.59 Å². The van der Waals surface area contributed by atoms with E-state index in [9.17, 15) is 9.59 Å². The van der Waals surface area contributed by atoms with E-state index in [1.54, 1.807) is 6.08 Å². The van der Waals surface area contributed by atoms with E-state index in [1.807, 2.05) is 42.5 Å². The van der Waals surface area contributed by atoms with Crippen LogP contribution in [0.25, 0.3) is 6.08 Å². The molecule has 0 bridgehead atoms. The highest BCUT2D eigenvalue weighted by Gasteiger charge is 2.18. The number of nitrogens with one attached hydrogen (secondary N) is 2. The fourth-order valence-corrected chi connectivity index (χ4v) is 3.11. The van der Waals surface area contributed by atoms with E-state index in [1.165, 1.54) is 18.6 Å². The molecule has 0 aliphatic heterocycles. The van der Waals surface area contributed by atoms with E-state index < -0.39 is 0 Å². The minimum Gasteiger partial charge on any atom is -0.351 e. The normalized spacial score (nSPS) is 12.1. The monoisotopic (exact) mass is 379 g/mol. The van der Waals surface area contributed by atoms with E-state index in [0.717, 1.165) is 24.3 Å². The van der Waals surface area contributed by atoms with Gasteiger partial charge in [0.15, 0.2) is 0 Å². The number of rotatable bonds is 9. The summed E-state index contributed by atoms with van der Waals surface area (Å²) in [4.78, 5) is 25.7. The van der Waals surface area contributed by atoms with Crippen LogP contribution in [0.4, 0.5) is 5.69 Å². The molecule has 2 rings (SSSR count). The van der Waals surface area contributed by atoms with Gasteiger partial charge >= 0.3 is 0 Å². The van der Waals surface area contributed by atoms with Gasteiger partial charge < -0.3 is 10.6 Å². The molecule has 5 nitrogen and oxygen atoms in total. The van der Waals surface area contributed by atoms with Gasteiger partial charge in [0, 0.05) is 25.2 Å². The van der Waals surface area contributed by atoms with Crippen LogP contribution in [0.5, 0.6) is 0 Å². The molecule has 2 N–H and O–H groups in total. The van der Waals surface area contributed by atoms with Crippen molar-refractivity contribution in [3.63, 3.8) is 0 Å². The predicted octanol–water partition coefficient (Wildman–Crippen LogP) is 3.86. The number of carbonyl (C=O) groups is 2. The van der Waals surface area contributed by atoms with Gasteiger partial charge in [0.25, 0.3) is 0 Å². The van der Waals surface area contributed by atoms with Crippen LogP contribution in [0, 0.1) is 0 Å². The predicted molar refractivity (Wildman–Crippen MR) is 115 cm³/mol. The molecule has 0 aliphatic carbocycles. The van der Waals surface area contributed by atoms with Crippen molar-refractivity contribution >= 4 is 23.6 Å². The lowest BCUT2D eigenvalue weighted by molar-refractivity contribution is -0.116. The molecule has 0 radical (unpaired) electrons. The number of hydrogen-bond donors (Lipinski definition) is 2. The van der Waals surface area contributed by atoms with Gasteiger partial charge in [-0.2, -0.15) is 0 Å². The Bertz CT molecular complexity index is 781. The maximum Gasteiger partial charge on any atom is 0.244 e. The average Bonchev–Trinajstić information content (AvgIpc) is 2.71. The van der Waals surface area contributed by atoms with Gasteiger partial charge in [-0.05, 0) is 42.4 Å². The first-order chi connectivity index (χ1) is 13.5. The molecule has 148 valence electrons. The summed E-state index contributed by atoms with van der Waals surface area (Å²) in [7, 11) is 0. The van der Waals surface area contributed by atoms with E-state index in [4.69, 9.17) is 0 Å². The molecule has 1 atom stereocenters. The summed E-state index contributed by atoms with van der Waals surface area (Å²) in [5.74, 6) is -0.233. The average molecular weight is 380 g/mol. The van der Waals surface area contributed by atoms with Gasteiger partial charge in [0.2, 0.25) is 11.8 Å². The van der Waals surface area contributed by atoms with Crippen LogP contribution in [-0.2, 0) is 9.59 Å². The lowest BCUT2D eigenvalue weighted by Gasteiger charge is -2.30. The quantitative estimate of drug-likeness (QED) is 0.651. The maximum atomic E-state index is 12.3. The second-order valence-corrected chi connectivity index (χ2v) is 6.53. The molecule has 2 aromatic carbocycles. The lowest BCUT2D eigenvalue weighted by atomic mass is 10.1. The van der Waals surface area contributed by atoms with Crippen molar-refractivity contribution in [1.29, 1.82) is 0 Å². The van der Waals surface area contributed by atoms with Crippen molar-refractivity contribution in [3.8, 4) is 0 Å². The third-order valence-electron chi connectivity index (χ3n) is 4.57. The number of amides is 2. The van der Waals surface area contributed by atoms with Gasteiger partial charge in [-0.25, -0.2) is 0 Å². The fraction of sp³-hybridized carbons (Fsp3) is 0.304. The first kappa shape index (κ1) is 21.4. The highest BCUT2D eigenvalue weighted by atomic mass is 16.2. The Hall–Kier alpha value is -2.92. The molecule has 2 amide bonds. The molecule has 5 heteroatoms. The van der Waals surface area contributed by atoms with Crippen molar-refractivity contribution in [3.05, 3.63) is 71.8 Å². The van der Waals surface area contributed by atoms with Crippen molar-refractivity contribution in [2.75, 3.05) is 25.0 Å². The maximum absolute atomic E-state index is 12.3. The third kappa shape index (κ3) is 6.67. The van der Waals surface area contributed by atoms with E-state index >= 15 is 0 Å². The summed E-state index contributed by atoms with van der Waals surface area (Å²) in [6.07, 6.45) is 3.31. The van der Waals surface area contributed by atoms with Crippen LogP contribution in [0.15, 0.2) is 60.7 Å². The number of carbonyl (C=O) groups excluding carboxylic acids is 2. The molecule has 28 heavy (non-hydrogen) atoms. The molecule has 0 saturated heterocycles. The summed E-state index contributed by atoms with van der Waals surface area (Å²) in [5, 5.41) is 5.73. The Labute approximate surface area is 167 Å². The Morgan fingerprint density at radius 1 is 1.00 bits per heavy atom. The lowest BCUT2D eigenvalue weighted by Crippen LogP contribution is -2.37. The molecule has 1 unspecified atom stereocenters. The largest absolute Gasteiger partial charge is 0.351 e. The number of anilines is 1. The van der Waals surface area contributed by atoms with E-state index in [0.29, 0.717) is 6.54 Å². The highest BCUT2D eigenvalue weighted by molar-refractivity contribution is 5.92. The topological polar surface area (TPSA) is 61.4 Å². The van der Waals surface area contributed by atoms with Crippen LogP contribution in [0.3, 0.4) is 0 Å². The third-order valence-corrected chi connectivity index (χ3v) is 4.57. The highest BCUT2D eigenvalue weighted by Crippen LogP contribution is 2.19. The summed E-state index contributed by atoms with van der Waals surface area (Å²) >= 11 is 0. The second-order valence-electron chi connectivity index (χ2n) is 6.53. The summed E-state index contributed by atoms with van der Waals surface area (Å²) in [6, 6.07) is 17.7. The summed E-state index contributed by atoms with van der Waals surface area (Å²) in [6.45, 7) is 8.12. The number of nitrogens with zero attached hydrogens (tertiary/aromatic N) is 1. The zero-order valence-electron chi connectivity index (χ0n) is 16.8. The number of hydrogen-bond acceptors (Lipinski definition) is 3. The van der Waals surface area contributed by atoms with E-state index in [-0.39, 0.29) is 17.9 Å². The Morgan fingerprint density at radius 3 is 2.21 bits per heavy atom. The van der Waals surface area contributed by atoms with Crippen molar-refractivity contribution in [1.82, 2.24) is 10.2 Å². The van der Waals surface area contributed by atoms with Gasteiger partial charge in [-0.1, -0.05) is 56.3 Å². The fourth-order valence-electron chi connectivity index (χ4n) is 3.11. The smallest absolute Gasteiger partial charge is 0.244 e. The SMILES string of the molecule is CCN(CC)C(CNC(=O)/C=C/c1ccc(NC(C)=O)cc1)c1ccccc1. The van der Waals surface area contributed by atoms with Crippen molar-refractivity contribution in [2.45, 2.75) is 26.8 Å². The molecule has 2 aromatic rings. The van der Waals surface area contributed by atoms with Crippen molar-refractivity contribution in [2.24, 2.45) is 0 Å².